The average molecular weight is 211 g/mol. The van der Waals surface area contributed by atoms with Gasteiger partial charge in [-0.2, -0.15) is 5.10 Å². The van der Waals surface area contributed by atoms with Gasteiger partial charge in [0.05, 0.1) is 22.8 Å². The Hall–Kier alpha value is -1.22. The summed E-state index contributed by atoms with van der Waals surface area (Å²) in [6.07, 6.45) is 1.85. The SMILES string of the molecule is CC(C)Oc1cc2[nH]ncc2cc1Cl. The summed E-state index contributed by atoms with van der Waals surface area (Å²) in [6, 6.07) is 3.71. The van der Waals surface area contributed by atoms with Gasteiger partial charge in [-0.05, 0) is 19.9 Å². The zero-order valence-corrected chi connectivity index (χ0v) is 8.80. The van der Waals surface area contributed by atoms with Crippen LogP contribution in [0.5, 0.6) is 5.75 Å². The third-order valence-electron chi connectivity index (χ3n) is 1.86. The Bertz CT molecular complexity index is 450. The van der Waals surface area contributed by atoms with Gasteiger partial charge < -0.3 is 4.74 Å². The number of aromatic amines is 1. The number of rotatable bonds is 2. The van der Waals surface area contributed by atoms with E-state index in [9.17, 15) is 0 Å². The van der Waals surface area contributed by atoms with E-state index < -0.39 is 0 Å². The fraction of sp³-hybridized carbons (Fsp3) is 0.300. The molecule has 0 aliphatic rings. The molecule has 1 aromatic heterocycles. The summed E-state index contributed by atoms with van der Waals surface area (Å²) in [4.78, 5) is 0. The van der Waals surface area contributed by atoms with Crippen LogP contribution in [-0.4, -0.2) is 16.3 Å². The molecule has 0 aliphatic heterocycles. The van der Waals surface area contributed by atoms with E-state index in [0.717, 1.165) is 10.9 Å². The van der Waals surface area contributed by atoms with Crippen LogP contribution in [0, 0.1) is 0 Å². The molecule has 2 aromatic rings. The highest BCUT2D eigenvalue weighted by atomic mass is 35.5. The second-order valence-electron chi connectivity index (χ2n) is 3.41. The van der Waals surface area contributed by atoms with Gasteiger partial charge in [-0.15, -0.1) is 0 Å². The summed E-state index contributed by atoms with van der Waals surface area (Å²) in [7, 11) is 0. The maximum absolute atomic E-state index is 6.04. The topological polar surface area (TPSA) is 37.9 Å². The molecule has 0 amide bonds. The monoisotopic (exact) mass is 210 g/mol. The van der Waals surface area contributed by atoms with E-state index in [1.54, 1.807) is 6.20 Å². The molecular formula is C10H11ClN2O. The molecule has 0 saturated heterocycles. The molecular weight excluding hydrogens is 200 g/mol. The minimum absolute atomic E-state index is 0.118. The predicted molar refractivity (Wildman–Crippen MR) is 56.9 cm³/mol. The largest absolute Gasteiger partial charge is 0.489 e. The zero-order chi connectivity index (χ0) is 10.1. The highest BCUT2D eigenvalue weighted by molar-refractivity contribution is 6.32. The number of halogens is 1. The Kier molecular flexibility index (Phi) is 2.33. The summed E-state index contributed by atoms with van der Waals surface area (Å²) < 4.78 is 5.54. The molecule has 1 heterocycles. The Morgan fingerprint density at radius 3 is 2.93 bits per heavy atom. The maximum Gasteiger partial charge on any atom is 0.140 e. The molecule has 0 bridgehead atoms. The van der Waals surface area contributed by atoms with Gasteiger partial charge in [-0.25, -0.2) is 0 Å². The quantitative estimate of drug-likeness (QED) is 0.828. The number of fused-ring (bicyclic) bond motifs is 1. The molecule has 0 unspecified atom stereocenters. The normalized spacial score (nSPS) is 11.1. The van der Waals surface area contributed by atoms with Crippen LogP contribution in [0.15, 0.2) is 18.3 Å². The lowest BCUT2D eigenvalue weighted by Crippen LogP contribution is -2.05. The minimum Gasteiger partial charge on any atom is -0.489 e. The van der Waals surface area contributed by atoms with E-state index in [1.807, 2.05) is 26.0 Å². The van der Waals surface area contributed by atoms with Crippen molar-refractivity contribution >= 4 is 22.5 Å². The van der Waals surface area contributed by atoms with Crippen molar-refractivity contribution in [2.75, 3.05) is 0 Å². The van der Waals surface area contributed by atoms with Gasteiger partial charge in [0, 0.05) is 11.5 Å². The predicted octanol–water partition coefficient (Wildman–Crippen LogP) is 3.00. The lowest BCUT2D eigenvalue weighted by molar-refractivity contribution is 0.243. The number of nitrogens with one attached hydrogen (secondary N) is 1. The molecule has 0 fully saturated rings. The smallest absolute Gasteiger partial charge is 0.140 e. The molecule has 74 valence electrons. The van der Waals surface area contributed by atoms with Crippen LogP contribution in [0.1, 0.15) is 13.8 Å². The second kappa shape index (κ2) is 3.50. The van der Waals surface area contributed by atoms with Gasteiger partial charge in [0.1, 0.15) is 5.75 Å². The van der Waals surface area contributed by atoms with Crippen LogP contribution >= 0.6 is 11.6 Å². The van der Waals surface area contributed by atoms with Crippen molar-refractivity contribution in [1.82, 2.24) is 10.2 Å². The number of nitrogens with zero attached hydrogens (tertiary/aromatic N) is 1. The zero-order valence-electron chi connectivity index (χ0n) is 8.04. The van der Waals surface area contributed by atoms with E-state index in [2.05, 4.69) is 10.2 Å². The minimum atomic E-state index is 0.118. The van der Waals surface area contributed by atoms with E-state index in [1.165, 1.54) is 0 Å². The van der Waals surface area contributed by atoms with Crippen LogP contribution in [0.3, 0.4) is 0 Å². The first-order valence-electron chi connectivity index (χ1n) is 4.46. The first-order valence-corrected chi connectivity index (χ1v) is 4.84. The number of hydrogen-bond acceptors (Lipinski definition) is 2. The molecule has 1 N–H and O–H groups in total. The summed E-state index contributed by atoms with van der Waals surface area (Å²) in [5.74, 6) is 0.693. The van der Waals surface area contributed by atoms with Crippen molar-refractivity contribution in [3.05, 3.63) is 23.4 Å². The average Bonchev–Trinajstić information content (AvgIpc) is 2.51. The Balaban J connectivity index is 2.48. The van der Waals surface area contributed by atoms with E-state index in [0.29, 0.717) is 10.8 Å². The first kappa shape index (κ1) is 9.34. The second-order valence-corrected chi connectivity index (χ2v) is 3.81. The Morgan fingerprint density at radius 2 is 2.21 bits per heavy atom. The summed E-state index contributed by atoms with van der Waals surface area (Å²) in [5.41, 5.74) is 0.935. The molecule has 0 saturated carbocycles. The van der Waals surface area contributed by atoms with Crippen molar-refractivity contribution in [3.8, 4) is 5.75 Å². The lowest BCUT2D eigenvalue weighted by atomic mass is 10.2. The Morgan fingerprint density at radius 1 is 1.43 bits per heavy atom. The number of H-pyrrole nitrogens is 1. The van der Waals surface area contributed by atoms with Gasteiger partial charge >= 0.3 is 0 Å². The number of aromatic nitrogens is 2. The van der Waals surface area contributed by atoms with Gasteiger partial charge in [0.25, 0.3) is 0 Å². The summed E-state index contributed by atoms with van der Waals surface area (Å²) >= 11 is 6.04. The molecule has 0 aliphatic carbocycles. The van der Waals surface area contributed by atoms with Gasteiger partial charge in [-0.3, -0.25) is 5.10 Å². The van der Waals surface area contributed by atoms with E-state index >= 15 is 0 Å². The maximum atomic E-state index is 6.04. The standard InChI is InChI=1S/C10H11ClN2O/c1-6(2)14-10-4-9-7(3-8(10)11)5-12-13-9/h3-6H,1-2H3,(H,12,13). The van der Waals surface area contributed by atoms with Gasteiger partial charge in [0.15, 0.2) is 0 Å². The third kappa shape index (κ3) is 1.68. The van der Waals surface area contributed by atoms with Crippen LogP contribution in [0.2, 0.25) is 5.02 Å². The van der Waals surface area contributed by atoms with Crippen LogP contribution in [-0.2, 0) is 0 Å². The van der Waals surface area contributed by atoms with Crippen LogP contribution in [0.4, 0.5) is 0 Å². The molecule has 4 heteroatoms. The highest BCUT2D eigenvalue weighted by Crippen LogP contribution is 2.29. The summed E-state index contributed by atoms with van der Waals surface area (Å²) in [5, 5.41) is 8.41. The van der Waals surface area contributed by atoms with Gasteiger partial charge in [0.2, 0.25) is 0 Å². The molecule has 14 heavy (non-hydrogen) atoms. The highest BCUT2D eigenvalue weighted by Gasteiger charge is 2.06. The van der Waals surface area contributed by atoms with Crippen molar-refractivity contribution in [1.29, 1.82) is 0 Å². The van der Waals surface area contributed by atoms with Crippen molar-refractivity contribution < 1.29 is 4.74 Å². The lowest BCUT2D eigenvalue weighted by Gasteiger charge is -2.10. The molecule has 1 aromatic carbocycles. The Labute approximate surface area is 87.0 Å². The number of ether oxygens (including phenoxy) is 1. The van der Waals surface area contributed by atoms with Crippen LogP contribution < -0.4 is 4.74 Å². The van der Waals surface area contributed by atoms with Crippen LogP contribution in [0.25, 0.3) is 10.9 Å². The molecule has 0 atom stereocenters. The molecule has 3 nitrogen and oxygen atoms in total. The van der Waals surface area contributed by atoms with Gasteiger partial charge in [-0.1, -0.05) is 11.6 Å². The molecule has 0 spiro atoms. The third-order valence-corrected chi connectivity index (χ3v) is 2.15. The van der Waals surface area contributed by atoms with Crippen molar-refractivity contribution in [2.45, 2.75) is 20.0 Å². The first-order chi connectivity index (χ1) is 6.66. The molecule has 0 radical (unpaired) electrons. The number of hydrogen-bond donors (Lipinski definition) is 1. The van der Waals surface area contributed by atoms with Crippen molar-refractivity contribution in [2.24, 2.45) is 0 Å². The van der Waals surface area contributed by atoms with Crippen molar-refractivity contribution in [3.63, 3.8) is 0 Å². The van der Waals surface area contributed by atoms with E-state index in [-0.39, 0.29) is 6.10 Å². The van der Waals surface area contributed by atoms with E-state index in [4.69, 9.17) is 16.3 Å². The summed E-state index contributed by atoms with van der Waals surface area (Å²) in [6.45, 7) is 3.93. The fourth-order valence-electron chi connectivity index (χ4n) is 1.29. The number of benzene rings is 1. The molecule has 2 rings (SSSR count). The fourth-order valence-corrected chi connectivity index (χ4v) is 1.50.